The fourth-order valence-corrected chi connectivity index (χ4v) is 5.82. The van der Waals surface area contributed by atoms with Crippen LogP contribution in [0.4, 0.5) is 5.69 Å². The van der Waals surface area contributed by atoms with Gasteiger partial charge in [-0.25, -0.2) is 8.42 Å². The number of para-hydroxylation sites is 2. The van der Waals surface area contributed by atoms with E-state index in [2.05, 4.69) is 5.32 Å². The number of nitrogens with one attached hydrogen (secondary N) is 1. The minimum absolute atomic E-state index is 0.0846. The van der Waals surface area contributed by atoms with Gasteiger partial charge < -0.3 is 19.5 Å². The van der Waals surface area contributed by atoms with Crippen molar-refractivity contribution in [1.29, 1.82) is 0 Å². The van der Waals surface area contributed by atoms with Gasteiger partial charge in [0.2, 0.25) is 5.91 Å². The van der Waals surface area contributed by atoms with Crippen LogP contribution in [0.5, 0.6) is 17.2 Å². The molecule has 3 aromatic rings. The summed E-state index contributed by atoms with van der Waals surface area (Å²) in [5, 5.41) is 2.98. The van der Waals surface area contributed by atoms with Crippen molar-refractivity contribution in [1.82, 2.24) is 5.32 Å². The molecule has 0 spiro atoms. The van der Waals surface area contributed by atoms with Crippen molar-refractivity contribution in [3.63, 3.8) is 0 Å². The minimum Gasteiger partial charge on any atom is -0.493 e. The topological polar surface area (TPSA) is 94.2 Å². The lowest BCUT2D eigenvalue weighted by Crippen LogP contribution is -2.42. The van der Waals surface area contributed by atoms with E-state index in [0.29, 0.717) is 30.3 Å². The molecule has 1 atom stereocenters. The number of nitrogens with zero attached hydrogens (tertiary/aromatic N) is 1. The molecule has 0 aromatic heterocycles. The lowest BCUT2D eigenvalue weighted by Gasteiger charge is -2.27. The molecule has 3 aromatic carbocycles. The third-order valence-electron chi connectivity index (χ3n) is 5.92. The lowest BCUT2D eigenvalue weighted by molar-refractivity contribution is -0.120. The Morgan fingerprint density at radius 1 is 0.947 bits per heavy atom. The van der Waals surface area contributed by atoms with Crippen LogP contribution in [0, 0.1) is 0 Å². The van der Waals surface area contributed by atoms with Crippen LogP contribution in [0.2, 0.25) is 0 Å². The van der Waals surface area contributed by atoms with Gasteiger partial charge in [-0.3, -0.25) is 9.10 Å². The van der Waals surface area contributed by atoms with E-state index in [4.69, 9.17) is 14.2 Å². The van der Waals surface area contributed by atoms with Crippen molar-refractivity contribution in [2.45, 2.75) is 36.1 Å². The number of hydrogen-bond donors (Lipinski definition) is 1. The predicted octanol–water partition coefficient (Wildman–Crippen LogP) is 5.29. The molecule has 204 valence electrons. The Labute approximate surface area is 229 Å². The molecule has 0 aliphatic carbocycles. The van der Waals surface area contributed by atoms with Gasteiger partial charge in [0.1, 0.15) is 12.3 Å². The Morgan fingerprint density at radius 3 is 2.24 bits per heavy atom. The Hall–Kier alpha value is -3.37. The quantitative estimate of drug-likeness (QED) is 0.285. The number of thioether (sulfide) groups is 1. The summed E-state index contributed by atoms with van der Waals surface area (Å²) < 4.78 is 45.3. The standard InChI is InChI=1S/C28H34N2O6S2/c1-6-23(20-12-17-26(34-3)27(18-20)35-4)29-28(31)19-30(24-10-8-9-11-25(24)36-7-2)38(32,33)22-15-13-21(37-5)14-16-22/h8-18,23H,6-7,19H2,1-5H3,(H,29,31). The zero-order chi connectivity index (χ0) is 27.7. The van der Waals surface area contributed by atoms with E-state index in [-0.39, 0.29) is 16.6 Å². The Bertz CT molecular complexity index is 1330. The van der Waals surface area contributed by atoms with Crippen LogP contribution in [0.3, 0.4) is 0 Å². The predicted molar refractivity (Wildman–Crippen MR) is 151 cm³/mol. The summed E-state index contributed by atoms with van der Waals surface area (Å²) in [6.45, 7) is 3.67. The second kappa shape index (κ2) is 13.4. The second-order valence-electron chi connectivity index (χ2n) is 8.23. The number of hydrogen-bond acceptors (Lipinski definition) is 7. The van der Waals surface area contributed by atoms with Crippen molar-refractivity contribution < 1.29 is 27.4 Å². The van der Waals surface area contributed by atoms with Crippen LogP contribution in [0.1, 0.15) is 31.9 Å². The van der Waals surface area contributed by atoms with Crippen molar-refractivity contribution in [3.8, 4) is 17.2 Å². The average molecular weight is 559 g/mol. The molecule has 0 bridgehead atoms. The zero-order valence-corrected chi connectivity index (χ0v) is 23.9. The number of benzene rings is 3. The number of amides is 1. The molecule has 0 aliphatic heterocycles. The van der Waals surface area contributed by atoms with Gasteiger partial charge in [-0.15, -0.1) is 11.8 Å². The summed E-state index contributed by atoms with van der Waals surface area (Å²) in [6.07, 6.45) is 2.50. The molecule has 1 N–H and O–H groups in total. The summed E-state index contributed by atoms with van der Waals surface area (Å²) in [5.74, 6) is 1.04. The molecule has 1 unspecified atom stereocenters. The lowest BCUT2D eigenvalue weighted by atomic mass is 10.0. The molecule has 0 fully saturated rings. The van der Waals surface area contributed by atoms with Gasteiger partial charge in [0.25, 0.3) is 10.0 Å². The first-order valence-corrected chi connectivity index (χ1v) is 14.8. The van der Waals surface area contributed by atoms with Crippen LogP contribution in [-0.4, -0.2) is 48.0 Å². The third kappa shape index (κ3) is 6.73. The van der Waals surface area contributed by atoms with Gasteiger partial charge in [-0.05, 0) is 73.7 Å². The molecule has 1 amide bonds. The molecule has 0 saturated heterocycles. The largest absolute Gasteiger partial charge is 0.493 e. The summed E-state index contributed by atoms with van der Waals surface area (Å²) in [7, 11) is -0.992. The van der Waals surface area contributed by atoms with Crippen molar-refractivity contribution >= 4 is 33.4 Å². The average Bonchev–Trinajstić information content (AvgIpc) is 2.94. The van der Waals surface area contributed by atoms with Gasteiger partial charge in [0.05, 0.1) is 37.5 Å². The van der Waals surface area contributed by atoms with Crippen molar-refractivity contribution in [3.05, 3.63) is 72.3 Å². The molecule has 8 nitrogen and oxygen atoms in total. The SMILES string of the molecule is CCOc1ccccc1N(CC(=O)NC(CC)c1ccc(OC)c(OC)c1)S(=O)(=O)c1ccc(SC)cc1. The van der Waals surface area contributed by atoms with Crippen molar-refractivity contribution in [2.75, 3.05) is 37.9 Å². The molecular formula is C28H34N2O6S2. The normalized spacial score (nSPS) is 11.9. The van der Waals surface area contributed by atoms with E-state index in [1.54, 1.807) is 74.9 Å². The Morgan fingerprint density at radius 2 is 1.63 bits per heavy atom. The number of sulfonamides is 1. The summed E-state index contributed by atoms with van der Waals surface area (Å²) in [6, 6.07) is 18.5. The van der Waals surface area contributed by atoms with E-state index in [1.165, 1.54) is 11.8 Å². The maximum absolute atomic E-state index is 13.9. The van der Waals surface area contributed by atoms with E-state index >= 15 is 0 Å². The molecule has 3 rings (SSSR count). The Balaban J connectivity index is 1.96. The Kier molecular flexibility index (Phi) is 10.3. The maximum Gasteiger partial charge on any atom is 0.264 e. The van der Waals surface area contributed by atoms with Gasteiger partial charge in [0.15, 0.2) is 11.5 Å². The van der Waals surface area contributed by atoms with Crippen LogP contribution < -0.4 is 23.8 Å². The fraction of sp³-hybridized carbons (Fsp3) is 0.321. The van der Waals surface area contributed by atoms with Gasteiger partial charge >= 0.3 is 0 Å². The first kappa shape index (κ1) is 29.2. The van der Waals surface area contributed by atoms with Crippen LogP contribution in [0.15, 0.2) is 76.5 Å². The molecule has 0 radical (unpaired) electrons. The van der Waals surface area contributed by atoms with E-state index < -0.39 is 22.5 Å². The highest BCUT2D eigenvalue weighted by Gasteiger charge is 2.30. The summed E-state index contributed by atoms with van der Waals surface area (Å²) in [5.41, 5.74) is 1.10. The van der Waals surface area contributed by atoms with Crippen LogP contribution >= 0.6 is 11.8 Å². The molecule has 10 heteroatoms. The number of carbonyl (C=O) groups excluding carboxylic acids is 1. The number of methoxy groups -OCH3 is 2. The summed E-state index contributed by atoms with van der Waals surface area (Å²) >= 11 is 1.52. The monoisotopic (exact) mass is 558 g/mol. The highest BCUT2D eigenvalue weighted by Crippen LogP contribution is 2.34. The van der Waals surface area contributed by atoms with Gasteiger partial charge in [0, 0.05) is 4.90 Å². The molecule has 38 heavy (non-hydrogen) atoms. The van der Waals surface area contributed by atoms with E-state index in [1.807, 2.05) is 26.2 Å². The maximum atomic E-state index is 13.9. The number of anilines is 1. The number of rotatable bonds is 13. The highest BCUT2D eigenvalue weighted by molar-refractivity contribution is 7.98. The first-order chi connectivity index (χ1) is 18.3. The minimum atomic E-state index is -4.10. The van der Waals surface area contributed by atoms with Crippen LogP contribution in [-0.2, 0) is 14.8 Å². The number of carbonyl (C=O) groups is 1. The molecular weight excluding hydrogens is 524 g/mol. The van der Waals surface area contributed by atoms with E-state index in [0.717, 1.165) is 14.8 Å². The third-order valence-corrected chi connectivity index (χ3v) is 8.44. The second-order valence-corrected chi connectivity index (χ2v) is 11.0. The number of ether oxygens (including phenoxy) is 3. The summed E-state index contributed by atoms with van der Waals surface area (Å²) in [4.78, 5) is 14.4. The van der Waals surface area contributed by atoms with Gasteiger partial charge in [-0.1, -0.05) is 25.1 Å². The zero-order valence-electron chi connectivity index (χ0n) is 22.3. The van der Waals surface area contributed by atoms with Gasteiger partial charge in [-0.2, -0.15) is 0 Å². The smallest absolute Gasteiger partial charge is 0.264 e. The molecule has 0 saturated carbocycles. The first-order valence-electron chi connectivity index (χ1n) is 12.2. The fourth-order valence-electron chi connectivity index (χ4n) is 3.98. The van der Waals surface area contributed by atoms with Crippen LogP contribution in [0.25, 0.3) is 0 Å². The molecule has 0 heterocycles. The highest BCUT2D eigenvalue weighted by atomic mass is 32.2. The van der Waals surface area contributed by atoms with E-state index in [9.17, 15) is 13.2 Å². The molecule has 0 aliphatic rings. The van der Waals surface area contributed by atoms with Crippen molar-refractivity contribution in [2.24, 2.45) is 0 Å².